The number of nitrogens with one attached hydrogen (secondary N) is 1. The van der Waals surface area contributed by atoms with E-state index in [-0.39, 0.29) is 37.9 Å². The van der Waals surface area contributed by atoms with Crippen molar-refractivity contribution in [3.05, 3.63) is 128 Å². The van der Waals surface area contributed by atoms with Gasteiger partial charge < -0.3 is 18.8 Å². The van der Waals surface area contributed by atoms with Gasteiger partial charge in [-0.2, -0.15) is 0 Å². The first-order valence-electron chi connectivity index (χ1n) is 19.2. The van der Waals surface area contributed by atoms with Crippen molar-refractivity contribution in [2.45, 2.75) is 77.7 Å². The summed E-state index contributed by atoms with van der Waals surface area (Å²) in [5.74, 6) is -2.65. The number of allylic oxidation sites excluding steroid dienone is 6. The molecule has 1 aliphatic carbocycles. The van der Waals surface area contributed by atoms with Crippen molar-refractivity contribution in [1.29, 1.82) is 0 Å². The minimum atomic E-state index is -3.08. The molecule has 2 unspecified atom stereocenters. The third-order valence-corrected chi connectivity index (χ3v) is 11.3. The van der Waals surface area contributed by atoms with E-state index in [1.165, 1.54) is 28.6 Å². The van der Waals surface area contributed by atoms with E-state index in [9.17, 15) is 14.4 Å². The number of halogens is 3. The maximum atomic E-state index is 15.1. The van der Waals surface area contributed by atoms with Crippen LogP contribution in [0.15, 0.2) is 122 Å². The van der Waals surface area contributed by atoms with Crippen molar-refractivity contribution in [1.82, 2.24) is 9.88 Å². The zero-order valence-corrected chi connectivity index (χ0v) is 35.3. The molecule has 1 aromatic heterocycles. The van der Waals surface area contributed by atoms with Crippen LogP contribution in [0, 0.1) is 5.92 Å². The van der Waals surface area contributed by atoms with E-state index in [0.29, 0.717) is 44.7 Å². The van der Waals surface area contributed by atoms with Crippen LogP contribution in [-0.4, -0.2) is 54.1 Å². The third-order valence-electron chi connectivity index (χ3n) is 10.5. The van der Waals surface area contributed by atoms with Crippen LogP contribution in [0.4, 0.5) is 8.78 Å². The lowest BCUT2D eigenvalue weighted by Gasteiger charge is -2.37. The van der Waals surface area contributed by atoms with Crippen LogP contribution in [0.25, 0.3) is 10.8 Å². The van der Waals surface area contributed by atoms with Gasteiger partial charge in [-0.05, 0) is 91.6 Å². The Bertz CT molecular complexity index is 2260. The van der Waals surface area contributed by atoms with Crippen molar-refractivity contribution in [2.75, 3.05) is 26.1 Å². The lowest BCUT2D eigenvalue weighted by molar-refractivity contribution is -0.135. The molecule has 13 heteroatoms. The van der Waals surface area contributed by atoms with Crippen LogP contribution < -0.4 is 20.3 Å². The summed E-state index contributed by atoms with van der Waals surface area (Å²) in [6, 6.07) is 13.5. The van der Waals surface area contributed by atoms with Gasteiger partial charge in [-0.25, -0.2) is 13.8 Å². The number of rotatable bonds is 17. The summed E-state index contributed by atoms with van der Waals surface area (Å²) in [5.41, 5.74) is 2.88. The third kappa shape index (κ3) is 10.6. The van der Waals surface area contributed by atoms with Gasteiger partial charge in [-0.15, -0.1) is 11.8 Å². The highest BCUT2D eigenvalue weighted by molar-refractivity contribution is 8.02. The number of alkyl halides is 2. The van der Waals surface area contributed by atoms with Gasteiger partial charge in [0, 0.05) is 42.2 Å². The van der Waals surface area contributed by atoms with Crippen LogP contribution in [0.2, 0.25) is 0 Å². The Balaban J connectivity index is 1.17. The molecule has 1 fully saturated rings. The molecule has 1 saturated heterocycles. The number of imide groups is 1. The number of ether oxygens (including phenoxy) is 3. The van der Waals surface area contributed by atoms with Gasteiger partial charge in [0.1, 0.15) is 29.9 Å². The number of carbonyl (C=O) groups is 2. The summed E-state index contributed by atoms with van der Waals surface area (Å²) in [6.07, 6.45) is 10.3. The smallest absolute Gasteiger partial charge is 0.259 e. The summed E-state index contributed by atoms with van der Waals surface area (Å²) >= 11 is 8.30. The van der Waals surface area contributed by atoms with E-state index in [0.717, 1.165) is 22.4 Å². The van der Waals surface area contributed by atoms with Gasteiger partial charge in [0.25, 0.3) is 11.5 Å². The van der Waals surface area contributed by atoms with E-state index in [2.05, 4.69) is 37.7 Å². The standard InChI is InChI=1S/C45H50ClF2N3O6S/c1-8-10-32(49-29(4)58-7)27-57-33-13-11-31(12-14-33)44(5,6)37-26-38(46)41(35(9-2)28(37)3)56-24-21-45(47,48)20-23-55-34-15-16-36-30(25-34)19-22-51(43(36)54)39-17-18-40(52)50-42(39)53/h8-16,19,22,25-26,28,39H,4,17-18,20-21,23-24,27H2,1-3,5-7H3,(H,50,52,53)/b10-8-,35-9+,49-32+. The number of thioether (sulfide) groups is 1. The normalized spacial score (nSPS) is 18.8. The largest absolute Gasteiger partial charge is 0.493 e. The molecule has 308 valence electrons. The quantitative estimate of drug-likeness (QED) is 0.107. The Labute approximate surface area is 347 Å². The molecule has 2 aromatic carbocycles. The number of aromatic nitrogens is 1. The molecule has 0 spiro atoms. The second-order valence-corrected chi connectivity index (χ2v) is 16.0. The second-order valence-electron chi connectivity index (χ2n) is 14.7. The molecule has 0 bridgehead atoms. The van der Waals surface area contributed by atoms with Crippen molar-refractivity contribution in [3.8, 4) is 11.5 Å². The maximum Gasteiger partial charge on any atom is 0.259 e. The lowest BCUT2D eigenvalue weighted by Crippen LogP contribution is -2.44. The highest BCUT2D eigenvalue weighted by Gasteiger charge is 2.36. The van der Waals surface area contributed by atoms with Gasteiger partial charge >= 0.3 is 0 Å². The van der Waals surface area contributed by atoms with E-state index in [1.54, 1.807) is 18.2 Å². The first-order valence-corrected chi connectivity index (χ1v) is 20.8. The molecule has 2 aliphatic rings. The summed E-state index contributed by atoms with van der Waals surface area (Å²) in [7, 11) is 0. The van der Waals surface area contributed by atoms with E-state index in [4.69, 9.17) is 25.8 Å². The molecule has 2 atom stereocenters. The van der Waals surface area contributed by atoms with Crippen LogP contribution in [-0.2, 0) is 19.7 Å². The number of hydrogen-bond acceptors (Lipinski definition) is 8. The monoisotopic (exact) mass is 833 g/mol. The number of pyridine rings is 1. The van der Waals surface area contributed by atoms with Crippen molar-refractivity contribution in [3.63, 3.8) is 0 Å². The first kappa shape index (κ1) is 44.2. The number of amides is 2. The summed E-state index contributed by atoms with van der Waals surface area (Å²) in [4.78, 5) is 41.5. The Morgan fingerprint density at radius 1 is 1.03 bits per heavy atom. The molecular weight excluding hydrogens is 784 g/mol. The number of piperidine rings is 1. The zero-order chi connectivity index (χ0) is 42.2. The molecular formula is C45H50ClF2N3O6S. The van der Waals surface area contributed by atoms with Crippen molar-refractivity contribution >= 4 is 51.7 Å². The number of hydrogen-bond donors (Lipinski definition) is 1. The minimum absolute atomic E-state index is 0.103. The van der Waals surface area contributed by atoms with Crippen molar-refractivity contribution < 1.29 is 32.6 Å². The van der Waals surface area contributed by atoms with E-state index < -0.39 is 41.7 Å². The summed E-state index contributed by atoms with van der Waals surface area (Å²) in [6.45, 7) is 13.8. The van der Waals surface area contributed by atoms with Gasteiger partial charge in [-0.1, -0.05) is 68.8 Å². The number of carbonyl (C=O) groups excluding carboxylic acids is 2. The second kappa shape index (κ2) is 19.2. The number of aliphatic imine (C=N–C) groups is 1. The molecule has 5 rings (SSSR count). The highest BCUT2D eigenvalue weighted by Crippen LogP contribution is 2.46. The Morgan fingerprint density at radius 2 is 1.72 bits per heavy atom. The van der Waals surface area contributed by atoms with Gasteiger partial charge in [-0.3, -0.25) is 19.7 Å². The molecule has 0 radical (unpaired) electrons. The fourth-order valence-corrected chi connectivity index (χ4v) is 7.65. The summed E-state index contributed by atoms with van der Waals surface area (Å²) < 4.78 is 49.1. The van der Waals surface area contributed by atoms with Crippen LogP contribution in [0.3, 0.4) is 0 Å². The Kier molecular flexibility index (Phi) is 14.6. The van der Waals surface area contributed by atoms with Crippen LogP contribution in [0.5, 0.6) is 11.5 Å². The summed E-state index contributed by atoms with van der Waals surface area (Å²) in [5, 5.41) is 4.20. The maximum absolute atomic E-state index is 15.1. The number of fused-ring (bicyclic) bond motifs is 1. The predicted octanol–water partition coefficient (Wildman–Crippen LogP) is 9.97. The highest BCUT2D eigenvalue weighted by atomic mass is 35.5. The molecule has 2 heterocycles. The van der Waals surface area contributed by atoms with Gasteiger partial charge in [0.15, 0.2) is 0 Å². The van der Waals surface area contributed by atoms with E-state index in [1.807, 2.05) is 68.7 Å². The van der Waals surface area contributed by atoms with E-state index >= 15 is 8.78 Å². The predicted molar refractivity (Wildman–Crippen MR) is 229 cm³/mol. The topological polar surface area (TPSA) is 108 Å². The van der Waals surface area contributed by atoms with Crippen LogP contribution >= 0.6 is 23.4 Å². The first-order chi connectivity index (χ1) is 27.6. The molecule has 3 aromatic rings. The molecule has 1 aliphatic heterocycles. The SMILES string of the molecule is C=C(/N=C(\C=C/C)COc1ccc(C(C)(C)C2=CC(Cl)=C(OCCC(F)(F)CCOc3ccc4c(=O)n(C5CCC(=O)NC5=O)ccc4c3)/C(=C/C)C2C)cc1)SC. The molecule has 9 nitrogen and oxygen atoms in total. The Hall–Kier alpha value is -4.94. The zero-order valence-electron chi connectivity index (χ0n) is 33.7. The fraction of sp³-hybridized carbons (Fsp3) is 0.378. The molecule has 0 saturated carbocycles. The van der Waals surface area contributed by atoms with Gasteiger partial charge in [0.2, 0.25) is 11.8 Å². The minimum Gasteiger partial charge on any atom is -0.493 e. The van der Waals surface area contributed by atoms with Gasteiger partial charge in [0.05, 0.1) is 29.0 Å². The number of benzene rings is 2. The van der Waals surface area contributed by atoms with Crippen molar-refractivity contribution in [2.24, 2.45) is 10.9 Å². The molecule has 1 N–H and O–H groups in total. The Morgan fingerprint density at radius 3 is 2.38 bits per heavy atom. The average Bonchev–Trinajstić information content (AvgIpc) is 3.18. The molecule has 58 heavy (non-hydrogen) atoms. The molecule has 2 amide bonds. The number of nitrogens with zero attached hydrogens (tertiary/aromatic N) is 2. The van der Waals surface area contributed by atoms with Crippen LogP contribution in [0.1, 0.15) is 71.9 Å². The average molecular weight is 834 g/mol. The fourth-order valence-electron chi connectivity index (χ4n) is 7.16. The lowest BCUT2D eigenvalue weighted by atomic mass is 9.69.